The van der Waals surface area contributed by atoms with Gasteiger partial charge in [0, 0.05) is 20.6 Å². The summed E-state index contributed by atoms with van der Waals surface area (Å²) in [7, 11) is 3.19. The van der Waals surface area contributed by atoms with Crippen LogP contribution in [0.2, 0.25) is 0 Å². The second-order valence-corrected chi connectivity index (χ2v) is 5.12. The van der Waals surface area contributed by atoms with Crippen LogP contribution in [0.25, 0.3) is 0 Å². The highest BCUT2D eigenvalue weighted by Gasteiger charge is 2.41. The maximum absolute atomic E-state index is 11.5. The predicted octanol–water partition coefficient (Wildman–Crippen LogP) is 0.0188. The molecule has 0 atom stereocenters. The fourth-order valence-corrected chi connectivity index (χ4v) is 2.14. The van der Waals surface area contributed by atoms with Crippen LogP contribution < -0.4 is 10.6 Å². The predicted molar refractivity (Wildman–Crippen MR) is 68.6 cm³/mol. The lowest BCUT2D eigenvalue weighted by Gasteiger charge is -2.24. The number of carbonyl (C=O) groups excluding carboxylic acids is 2. The van der Waals surface area contributed by atoms with E-state index in [-0.39, 0.29) is 19.0 Å². The number of carbonyl (C=O) groups is 3. The first-order valence-electron chi connectivity index (χ1n) is 6.33. The Morgan fingerprint density at radius 2 is 1.74 bits per heavy atom. The van der Waals surface area contributed by atoms with Crippen molar-refractivity contribution >= 4 is 17.9 Å². The number of aliphatic carboxylic acids is 1. The van der Waals surface area contributed by atoms with Crippen molar-refractivity contribution in [2.24, 2.45) is 5.41 Å². The lowest BCUT2D eigenvalue weighted by molar-refractivity contribution is -0.148. The molecule has 7 heteroatoms. The molecule has 0 bridgehead atoms. The molecule has 3 amide bonds. The minimum absolute atomic E-state index is 0.0983. The lowest BCUT2D eigenvalue weighted by Crippen LogP contribution is -2.47. The van der Waals surface area contributed by atoms with Crippen LogP contribution in [0.5, 0.6) is 0 Å². The van der Waals surface area contributed by atoms with Crippen LogP contribution in [0.3, 0.4) is 0 Å². The molecule has 7 nitrogen and oxygen atoms in total. The fraction of sp³-hybridized carbons (Fsp3) is 0.750. The van der Waals surface area contributed by atoms with Crippen molar-refractivity contribution in [1.29, 1.82) is 0 Å². The van der Waals surface area contributed by atoms with Gasteiger partial charge in [-0.2, -0.15) is 0 Å². The molecule has 0 heterocycles. The van der Waals surface area contributed by atoms with E-state index in [2.05, 4.69) is 10.6 Å². The van der Waals surface area contributed by atoms with Crippen LogP contribution in [-0.2, 0) is 9.59 Å². The quantitative estimate of drug-likeness (QED) is 0.656. The second kappa shape index (κ2) is 6.40. The van der Waals surface area contributed by atoms with Crippen LogP contribution in [0, 0.1) is 5.41 Å². The van der Waals surface area contributed by atoms with Crippen LogP contribution in [0.4, 0.5) is 4.79 Å². The highest BCUT2D eigenvalue weighted by atomic mass is 16.4. The molecule has 1 rings (SSSR count). The van der Waals surface area contributed by atoms with Gasteiger partial charge in [0.25, 0.3) is 0 Å². The van der Waals surface area contributed by atoms with Gasteiger partial charge in [0.2, 0.25) is 5.91 Å². The summed E-state index contributed by atoms with van der Waals surface area (Å²) >= 11 is 0. The Labute approximate surface area is 112 Å². The number of urea groups is 1. The van der Waals surface area contributed by atoms with E-state index in [0.29, 0.717) is 12.8 Å². The van der Waals surface area contributed by atoms with Gasteiger partial charge in [0.05, 0.1) is 12.0 Å². The first-order chi connectivity index (χ1) is 8.87. The monoisotopic (exact) mass is 271 g/mol. The lowest BCUT2D eigenvalue weighted by atomic mass is 9.86. The van der Waals surface area contributed by atoms with Gasteiger partial charge in [-0.15, -0.1) is 0 Å². The molecule has 1 fully saturated rings. The summed E-state index contributed by atoms with van der Waals surface area (Å²) in [5.41, 5.74) is -0.844. The number of hydrogen-bond donors (Lipinski definition) is 3. The maximum atomic E-state index is 11.5. The van der Waals surface area contributed by atoms with E-state index in [1.807, 2.05) is 0 Å². The first-order valence-corrected chi connectivity index (χ1v) is 6.33. The zero-order valence-corrected chi connectivity index (χ0v) is 11.4. The van der Waals surface area contributed by atoms with Crippen LogP contribution >= 0.6 is 0 Å². The molecule has 0 aliphatic heterocycles. The van der Waals surface area contributed by atoms with Crippen molar-refractivity contribution in [2.75, 3.05) is 27.2 Å². The highest BCUT2D eigenvalue weighted by molar-refractivity contribution is 5.84. The molecule has 1 aliphatic carbocycles. The molecular formula is C12H21N3O4. The molecule has 0 radical (unpaired) electrons. The topological polar surface area (TPSA) is 98.7 Å². The standard InChI is InChI=1S/C12H21N3O4/c1-15(2)9(16)7-13-11(19)14-8-12(10(17)18)5-3-4-6-12/h3-8H2,1-2H3,(H,17,18)(H2,13,14,19). The van der Waals surface area contributed by atoms with Gasteiger partial charge in [-0.25, -0.2) is 4.79 Å². The third-order valence-corrected chi connectivity index (χ3v) is 3.50. The van der Waals surface area contributed by atoms with Gasteiger partial charge in [0.15, 0.2) is 0 Å². The molecule has 0 aromatic heterocycles. The largest absolute Gasteiger partial charge is 0.481 e. The molecule has 108 valence electrons. The summed E-state index contributed by atoms with van der Waals surface area (Å²) in [5, 5.41) is 14.2. The Bertz CT molecular complexity index is 362. The fourth-order valence-electron chi connectivity index (χ4n) is 2.14. The van der Waals surface area contributed by atoms with E-state index in [1.54, 1.807) is 14.1 Å². The van der Waals surface area contributed by atoms with E-state index in [9.17, 15) is 19.5 Å². The average molecular weight is 271 g/mol. The van der Waals surface area contributed by atoms with Gasteiger partial charge in [-0.1, -0.05) is 12.8 Å². The van der Waals surface area contributed by atoms with Crippen LogP contribution in [0.1, 0.15) is 25.7 Å². The average Bonchev–Trinajstić information content (AvgIpc) is 2.83. The summed E-state index contributed by atoms with van der Waals surface area (Å²) in [6.45, 7) is 0.00320. The number of nitrogens with one attached hydrogen (secondary N) is 2. The van der Waals surface area contributed by atoms with Gasteiger partial charge in [-0.3, -0.25) is 9.59 Å². The Morgan fingerprint density at radius 1 is 1.16 bits per heavy atom. The Balaban J connectivity index is 2.37. The number of amides is 3. The van der Waals surface area contributed by atoms with Gasteiger partial charge in [0.1, 0.15) is 0 Å². The second-order valence-electron chi connectivity index (χ2n) is 5.12. The molecule has 0 unspecified atom stereocenters. The van der Waals surface area contributed by atoms with Crippen molar-refractivity contribution in [2.45, 2.75) is 25.7 Å². The summed E-state index contributed by atoms with van der Waals surface area (Å²) in [6.07, 6.45) is 2.90. The first kappa shape index (κ1) is 15.3. The van der Waals surface area contributed by atoms with Gasteiger partial charge in [-0.05, 0) is 12.8 Å². The van der Waals surface area contributed by atoms with Crippen molar-refractivity contribution in [3.8, 4) is 0 Å². The summed E-state index contributed by atoms with van der Waals surface area (Å²) in [5.74, 6) is -1.08. The van der Waals surface area contributed by atoms with E-state index < -0.39 is 17.4 Å². The zero-order valence-electron chi connectivity index (χ0n) is 11.4. The molecule has 0 spiro atoms. The van der Waals surface area contributed by atoms with E-state index >= 15 is 0 Å². The molecule has 3 N–H and O–H groups in total. The van der Waals surface area contributed by atoms with Crippen molar-refractivity contribution in [3.63, 3.8) is 0 Å². The SMILES string of the molecule is CN(C)C(=O)CNC(=O)NCC1(C(=O)O)CCCC1. The number of carboxylic acid groups (broad SMARTS) is 1. The highest BCUT2D eigenvalue weighted by Crippen LogP contribution is 2.37. The van der Waals surface area contributed by atoms with Crippen LogP contribution in [0.15, 0.2) is 0 Å². The normalized spacial score (nSPS) is 16.7. The number of carboxylic acids is 1. The number of nitrogens with zero attached hydrogens (tertiary/aromatic N) is 1. The Kier molecular flexibility index (Phi) is 5.14. The molecule has 19 heavy (non-hydrogen) atoms. The zero-order chi connectivity index (χ0) is 14.5. The van der Waals surface area contributed by atoms with Crippen molar-refractivity contribution in [3.05, 3.63) is 0 Å². The molecule has 1 saturated carbocycles. The number of rotatable bonds is 5. The number of hydrogen-bond acceptors (Lipinski definition) is 3. The third-order valence-electron chi connectivity index (χ3n) is 3.50. The minimum atomic E-state index is -0.866. The van der Waals surface area contributed by atoms with E-state index in [0.717, 1.165) is 12.8 Å². The smallest absolute Gasteiger partial charge is 0.315 e. The van der Waals surface area contributed by atoms with E-state index in [1.165, 1.54) is 4.90 Å². The molecule has 0 saturated heterocycles. The maximum Gasteiger partial charge on any atom is 0.315 e. The summed E-state index contributed by atoms with van der Waals surface area (Å²) in [4.78, 5) is 35.4. The third kappa shape index (κ3) is 4.11. The molecule has 0 aromatic carbocycles. The Morgan fingerprint density at radius 3 is 2.21 bits per heavy atom. The van der Waals surface area contributed by atoms with Crippen LogP contribution in [-0.4, -0.2) is 55.1 Å². The molecular weight excluding hydrogens is 250 g/mol. The number of likely N-dealkylation sites (N-methyl/N-ethyl adjacent to an activating group) is 1. The molecule has 0 aromatic rings. The van der Waals surface area contributed by atoms with E-state index in [4.69, 9.17) is 0 Å². The van der Waals surface area contributed by atoms with Crippen molar-refractivity contribution in [1.82, 2.24) is 15.5 Å². The van der Waals surface area contributed by atoms with Crippen molar-refractivity contribution < 1.29 is 19.5 Å². The summed E-state index contributed by atoms with van der Waals surface area (Å²) < 4.78 is 0. The Hall–Kier alpha value is -1.79. The summed E-state index contributed by atoms with van der Waals surface area (Å²) in [6, 6.07) is -0.511. The minimum Gasteiger partial charge on any atom is -0.481 e. The van der Waals surface area contributed by atoms with Gasteiger partial charge >= 0.3 is 12.0 Å². The molecule has 1 aliphatic rings. The van der Waals surface area contributed by atoms with Gasteiger partial charge < -0.3 is 20.6 Å².